The summed E-state index contributed by atoms with van der Waals surface area (Å²) in [5.41, 5.74) is 0. The van der Waals surface area contributed by atoms with Crippen molar-refractivity contribution in [1.29, 1.82) is 0 Å². The van der Waals surface area contributed by atoms with E-state index in [1.54, 1.807) is 14.2 Å². The molecule has 6 nitrogen and oxygen atoms in total. The molecule has 0 unspecified atom stereocenters. The summed E-state index contributed by atoms with van der Waals surface area (Å²) >= 11 is 0. The lowest BCUT2D eigenvalue weighted by Gasteiger charge is -2.28. The third-order valence-corrected chi connectivity index (χ3v) is 3.34. The van der Waals surface area contributed by atoms with E-state index in [2.05, 4.69) is 11.7 Å². The van der Waals surface area contributed by atoms with Crippen molar-refractivity contribution in [3.05, 3.63) is 12.2 Å². The van der Waals surface area contributed by atoms with Crippen LogP contribution in [0.3, 0.4) is 0 Å². The van der Waals surface area contributed by atoms with Gasteiger partial charge in [-0.15, -0.1) is 0 Å². The van der Waals surface area contributed by atoms with Gasteiger partial charge in [-0.05, 0) is 18.8 Å². The maximum absolute atomic E-state index is 11.2. The Kier molecular flexibility index (Phi) is 13.1. The Labute approximate surface area is 133 Å². The Balaban J connectivity index is 4.39. The zero-order valence-electron chi connectivity index (χ0n) is 14.4. The summed E-state index contributed by atoms with van der Waals surface area (Å²) < 4.78 is 25.5. The van der Waals surface area contributed by atoms with E-state index in [4.69, 9.17) is 18.9 Å². The first-order valence-corrected chi connectivity index (χ1v) is 7.50. The fraction of sp³-hybridized carbons (Fsp3) is 0.812. The van der Waals surface area contributed by atoms with Crippen molar-refractivity contribution in [2.24, 2.45) is 11.8 Å². The van der Waals surface area contributed by atoms with E-state index in [1.165, 1.54) is 13.2 Å². The van der Waals surface area contributed by atoms with E-state index in [0.29, 0.717) is 19.3 Å². The van der Waals surface area contributed by atoms with Gasteiger partial charge in [0, 0.05) is 32.8 Å². The summed E-state index contributed by atoms with van der Waals surface area (Å²) in [6.07, 6.45) is 5.08. The number of carbonyl (C=O) groups is 1. The first kappa shape index (κ1) is 21.0. The van der Waals surface area contributed by atoms with Crippen LogP contribution in [0.25, 0.3) is 0 Å². The van der Waals surface area contributed by atoms with E-state index in [-0.39, 0.29) is 24.8 Å². The maximum atomic E-state index is 11.2. The van der Waals surface area contributed by atoms with Gasteiger partial charge in [0.1, 0.15) is 13.6 Å². The van der Waals surface area contributed by atoms with Gasteiger partial charge >= 0.3 is 5.97 Å². The number of esters is 1. The fourth-order valence-corrected chi connectivity index (χ4v) is 2.20. The largest absolute Gasteiger partial charge is 0.466 e. The Hall–Kier alpha value is -0.950. The van der Waals surface area contributed by atoms with Crippen LogP contribution in [-0.4, -0.2) is 53.6 Å². The molecule has 0 aromatic carbocycles. The second-order valence-electron chi connectivity index (χ2n) is 5.21. The minimum absolute atomic E-state index is 0.0386. The summed E-state index contributed by atoms with van der Waals surface area (Å²) in [5.74, 6) is 0.0145. The molecular weight excluding hydrogens is 288 g/mol. The molecule has 0 radical (unpaired) electrons. The van der Waals surface area contributed by atoms with E-state index < -0.39 is 0 Å². The lowest BCUT2D eigenvalue weighted by Crippen LogP contribution is -2.29. The first-order valence-electron chi connectivity index (χ1n) is 7.50. The summed E-state index contributed by atoms with van der Waals surface area (Å²) in [6.45, 7) is 5.33. The van der Waals surface area contributed by atoms with Crippen LogP contribution in [0.4, 0.5) is 0 Å². The summed E-state index contributed by atoms with van der Waals surface area (Å²) in [6, 6.07) is 0. The normalized spacial score (nSPS) is 15.7. The smallest absolute Gasteiger partial charge is 0.330 e. The maximum Gasteiger partial charge on any atom is 0.330 e. The number of methoxy groups -OCH3 is 3. The number of hydrogen-bond donors (Lipinski definition) is 0. The number of hydrogen-bond acceptors (Lipinski definition) is 6. The molecule has 0 aliphatic rings. The lowest BCUT2D eigenvalue weighted by molar-refractivity contribution is -0.134. The van der Waals surface area contributed by atoms with Crippen LogP contribution in [0.5, 0.6) is 0 Å². The number of carbonyl (C=O) groups excluding carboxylic acids is 1. The predicted molar refractivity (Wildman–Crippen MR) is 83.3 cm³/mol. The molecule has 0 N–H and O–H groups in total. The molecule has 0 bridgehead atoms. The molecule has 0 saturated heterocycles. The zero-order valence-corrected chi connectivity index (χ0v) is 14.4. The quantitative estimate of drug-likeness (QED) is 0.225. The van der Waals surface area contributed by atoms with E-state index >= 15 is 0 Å². The average Bonchev–Trinajstić information content (AvgIpc) is 2.52. The average molecular weight is 318 g/mol. The highest BCUT2D eigenvalue weighted by Gasteiger charge is 2.23. The van der Waals surface area contributed by atoms with Gasteiger partial charge < -0.3 is 23.7 Å². The number of rotatable bonds is 13. The van der Waals surface area contributed by atoms with Gasteiger partial charge in [0.25, 0.3) is 0 Å². The second kappa shape index (κ2) is 13.7. The number of ether oxygens (including phenoxy) is 5. The molecule has 0 spiro atoms. The van der Waals surface area contributed by atoms with E-state index in [9.17, 15) is 4.79 Å². The summed E-state index contributed by atoms with van der Waals surface area (Å²) in [4.78, 5) is 11.2. The predicted octanol–water partition coefficient (Wildman–Crippen LogP) is 2.38. The van der Waals surface area contributed by atoms with E-state index in [0.717, 1.165) is 12.8 Å². The molecular formula is C16H30O6. The van der Waals surface area contributed by atoms with Crippen molar-refractivity contribution in [1.82, 2.24) is 0 Å². The molecule has 0 aromatic heterocycles. The molecule has 3 atom stereocenters. The minimum Gasteiger partial charge on any atom is -0.466 e. The Morgan fingerprint density at radius 1 is 1.09 bits per heavy atom. The molecule has 0 fully saturated rings. The van der Waals surface area contributed by atoms with Crippen LogP contribution in [0.1, 0.15) is 26.7 Å². The van der Waals surface area contributed by atoms with Gasteiger partial charge in [-0.1, -0.05) is 19.9 Å². The third-order valence-electron chi connectivity index (χ3n) is 3.34. The highest BCUT2D eigenvalue weighted by atomic mass is 16.7. The molecule has 0 rings (SSSR count). The highest BCUT2D eigenvalue weighted by Crippen LogP contribution is 2.22. The highest BCUT2D eigenvalue weighted by molar-refractivity contribution is 5.81. The topological polar surface area (TPSA) is 63.2 Å². The van der Waals surface area contributed by atoms with Crippen LogP contribution < -0.4 is 0 Å². The third kappa shape index (κ3) is 9.89. The van der Waals surface area contributed by atoms with Gasteiger partial charge in [0.05, 0.1) is 13.2 Å². The monoisotopic (exact) mass is 318 g/mol. The van der Waals surface area contributed by atoms with Crippen molar-refractivity contribution in [2.75, 3.05) is 41.5 Å². The van der Waals surface area contributed by atoms with Gasteiger partial charge in [-0.2, -0.15) is 0 Å². The molecule has 0 amide bonds. The lowest BCUT2D eigenvalue weighted by atomic mass is 9.89. The van der Waals surface area contributed by atoms with Crippen molar-refractivity contribution in [2.45, 2.75) is 32.8 Å². The van der Waals surface area contributed by atoms with Crippen LogP contribution in [-0.2, 0) is 28.5 Å². The van der Waals surface area contributed by atoms with Gasteiger partial charge in [-0.3, -0.25) is 0 Å². The van der Waals surface area contributed by atoms with Gasteiger partial charge in [0.15, 0.2) is 0 Å². The molecule has 22 heavy (non-hydrogen) atoms. The van der Waals surface area contributed by atoms with Crippen molar-refractivity contribution < 1.29 is 28.5 Å². The molecule has 0 aromatic rings. The van der Waals surface area contributed by atoms with Crippen LogP contribution in [0, 0.1) is 11.8 Å². The SMILES string of the molecule is COCOCCC[C@H](C)[C@H](OCOC)[C@@H](C)/C=C\C(=O)OC. The summed E-state index contributed by atoms with van der Waals surface area (Å²) in [7, 11) is 4.56. The molecule has 130 valence electrons. The summed E-state index contributed by atoms with van der Waals surface area (Å²) in [5, 5.41) is 0. The Morgan fingerprint density at radius 3 is 2.36 bits per heavy atom. The van der Waals surface area contributed by atoms with Crippen LogP contribution in [0.2, 0.25) is 0 Å². The van der Waals surface area contributed by atoms with Gasteiger partial charge in [-0.25, -0.2) is 4.79 Å². The van der Waals surface area contributed by atoms with Gasteiger partial charge in [0.2, 0.25) is 0 Å². The zero-order chi connectivity index (χ0) is 16.8. The van der Waals surface area contributed by atoms with Crippen LogP contribution in [0.15, 0.2) is 12.2 Å². The Morgan fingerprint density at radius 2 is 1.77 bits per heavy atom. The van der Waals surface area contributed by atoms with Crippen LogP contribution >= 0.6 is 0 Å². The molecule has 6 heteroatoms. The minimum atomic E-state index is -0.363. The molecule has 0 saturated carbocycles. The fourth-order valence-electron chi connectivity index (χ4n) is 2.20. The Bertz CT molecular complexity index is 305. The van der Waals surface area contributed by atoms with Crippen molar-refractivity contribution in [3.63, 3.8) is 0 Å². The molecule has 0 heterocycles. The standard InChI is InChI=1S/C16H30O6/c1-13(7-6-10-21-11-18-3)16(22-12-19-4)14(2)8-9-15(17)20-5/h8-9,13-14,16H,6-7,10-12H2,1-5H3/b9-8-/t13-,14-,16-/m0/s1. The van der Waals surface area contributed by atoms with E-state index in [1.807, 2.05) is 13.0 Å². The molecule has 0 aliphatic heterocycles. The van der Waals surface area contributed by atoms with Crippen molar-refractivity contribution >= 4 is 5.97 Å². The second-order valence-corrected chi connectivity index (χ2v) is 5.21. The first-order chi connectivity index (χ1) is 10.6. The van der Waals surface area contributed by atoms with Crippen molar-refractivity contribution in [3.8, 4) is 0 Å². The molecule has 0 aliphatic carbocycles.